The van der Waals surface area contributed by atoms with Gasteiger partial charge in [0.05, 0.1) is 24.3 Å². The first kappa shape index (κ1) is 15.0. The van der Waals surface area contributed by atoms with Gasteiger partial charge in [-0.2, -0.15) is 5.26 Å². The van der Waals surface area contributed by atoms with E-state index in [1.165, 1.54) is 19.3 Å². The van der Waals surface area contributed by atoms with Crippen LogP contribution in [-0.4, -0.2) is 18.7 Å². The number of nitrogens with one attached hydrogen (secondary N) is 1. The van der Waals surface area contributed by atoms with Crippen molar-refractivity contribution < 1.29 is 4.74 Å². The summed E-state index contributed by atoms with van der Waals surface area (Å²) in [4.78, 5) is 0. The molecule has 108 valence electrons. The van der Waals surface area contributed by atoms with Gasteiger partial charge in [-0.3, -0.25) is 0 Å². The molecule has 1 aliphatic rings. The fourth-order valence-electron chi connectivity index (χ4n) is 2.74. The maximum atomic E-state index is 9.06. The van der Waals surface area contributed by atoms with E-state index in [-0.39, 0.29) is 0 Å². The van der Waals surface area contributed by atoms with Crippen LogP contribution in [-0.2, 0) is 11.3 Å². The van der Waals surface area contributed by atoms with E-state index in [2.05, 4.69) is 18.3 Å². The monoisotopic (exact) mass is 272 g/mol. The first-order valence-electron chi connectivity index (χ1n) is 7.66. The fraction of sp³-hybridized carbons (Fsp3) is 0.588. The predicted octanol–water partition coefficient (Wildman–Crippen LogP) is 3.39. The van der Waals surface area contributed by atoms with Crippen LogP contribution in [0.15, 0.2) is 24.3 Å². The fourth-order valence-corrected chi connectivity index (χ4v) is 2.74. The summed E-state index contributed by atoms with van der Waals surface area (Å²) in [6, 6.07) is 10.6. The van der Waals surface area contributed by atoms with Gasteiger partial charge in [0.2, 0.25) is 0 Å². The lowest BCUT2D eigenvalue weighted by molar-refractivity contribution is 0.0113. The molecule has 1 saturated carbocycles. The summed E-state index contributed by atoms with van der Waals surface area (Å²) >= 11 is 0. The molecule has 0 heterocycles. The van der Waals surface area contributed by atoms with Crippen LogP contribution < -0.4 is 5.32 Å². The Labute approximate surface area is 121 Å². The second kappa shape index (κ2) is 8.04. The molecule has 0 unspecified atom stereocenters. The normalized spacial score (nSPS) is 22.4. The van der Waals surface area contributed by atoms with E-state index < -0.39 is 0 Å². The molecule has 1 aliphatic carbocycles. The minimum absolute atomic E-state index is 0.349. The van der Waals surface area contributed by atoms with Gasteiger partial charge in [0.1, 0.15) is 0 Å². The van der Waals surface area contributed by atoms with E-state index in [0.717, 1.165) is 30.5 Å². The minimum atomic E-state index is 0.349. The van der Waals surface area contributed by atoms with Gasteiger partial charge in [0.25, 0.3) is 0 Å². The van der Waals surface area contributed by atoms with E-state index in [0.29, 0.717) is 18.8 Å². The first-order valence-corrected chi connectivity index (χ1v) is 7.66. The highest BCUT2D eigenvalue weighted by molar-refractivity contribution is 5.36. The molecule has 1 aromatic carbocycles. The third-order valence-electron chi connectivity index (χ3n) is 3.97. The molecule has 1 aromatic rings. The van der Waals surface area contributed by atoms with E-state index in [9.17, 15) is 0 Å². The van der Waals surface area contributed by atoms with Crippen molar-refractivity contribution in [1.82, 2.24) is 5.32 Å². The van der Waals surface area contributed by atoms with Gasteiger partial charge in [-0.05, 0) is 50.3 Å². The number of hydrogen-bond acceptors (Lipinski definition) is 3. The van der Waals surface area contributed by atoms with Gasteiger partial charge in [-0.1, -0.05) is 25.1 Å². The predicted molar refractivity (Wildman–Crippen MR) is 80.3 cm³/mol. The Balaban J connectivity index is 1.75. The molecule has 0 saturated heterocycles. The Kier molecular flexibility index (Phi) is 6.04. The zero-order chi connectivity index (χ0) is 14.2. The second-order valence-corrected chi connectivity index (χ2v) is 5.51. The maximum absolute atomic E-state index is 9.06. The quantitative estimate of drug-likeness (QED) is 0.863. The lowest BCUT2D eigenvalue weighted by atomic mass is 9.93. The van der Waals surface area contributed by atoms with E-state index in [1.807, 2.05) is 24.3 Å². The molecular weight excluding hydrogens is 248 g/mol. The summed E-state index contributed by atoms with van der Waals surface area (Å²) < 4.78 is 5.99. The zero-order valence-electron chi connectivity index (χ0n) is 12.3. The highest BCUT2D eigenvalue weighted by Crippen LogP contribution is 2.22. The zero-order valence-corrected chi connectivity index (χ0v) is 12.3. The minimum Gasteiger partial charge on any atom is -0.373 e. The van der Waals surface area contributed by atoms with Crippen molar-refractivity contribution >= 4 is 0 Å². The standard InChI is InChI=1S/C17H24N2O/c1-2-11-19-16-7-9-17(10-8-16)20-13-15-6-4-3-5-14(15)12-18/h3-6,16-17,19H,2,7-11,13H2,1H3. The van der Waals surface area contributed by atoms with E-state index >= 15 is 0 Å². The molecule has 3 heteroatoms. The largest absolute Gasteiger partial charge is 0.373 e. The topological polar surface area (TPSA) is 45.0 Å². The van der Waals surface area contributed by atoms with Crippen molar-refractivity contribution in [3.8, 4) is 6.07 Å². The van der Waals surface area contributed by atoms with Crippen LogP contribution in [0.4, 0.5) is 0 Å². The van der Waals surface area contributed by atoms with Crippen molar-refractivity contribution in [2.24, 2.45) is 0 Å². The van der Waals surface area contributed by atoms with Crippen LogP contribution in [0.2, 0.25) is 0 Å². The molecule has 20 heavy (non-hydrogen) atoms. The number of nitriles is 1. The molecule has 0 bridgehead atoms. The van der Waals surface area contributed by atoms with Gasteiger partial charge >= 0.3 is 0 Å². The summed E-state index contributed by atoms with van der Waals surface area (Å²) in [5, 5.41) is 12.6. The smallest absolute Gasteiger partial charge is 0.0995 e. The number of nitrogens with zero attached hydrogens (tertiary/aromatic N) is 1. The van der Waals surface area contributed by atoms with Crippen LogP contribution in [0.3, 0.4) is 0 Å². The van der Waals surface area contributed by atoms with Crippen molar-refractivity contribution in [1.29, 1.82) is 5.26 Å². The number of ether oxygens (including phenoxy) is 1. The lowest BCUT2D eigenvalue weighted by Crippen LogP contribution is -2.35. The van der Waals surface area contributed by atoms with Gasteiger partial charge in [-0.25, -0.2) is 0 Å². The Morgan fingerprint density at radius 2 is 2.00 bits per heavy atom. The van der Waals surface area contributed by atoms with Gasteiger partial charge in [-0.15, -0.1) is 0 Å². The summed E-state index contributed by atoms with van der Waals surface area (Å²) in [5.74, 6) is 0. The second-order valence-electron chi connectivity index (χ2n) is 5.51. The van der Waals surface area contributed by atoms with Crippen molar-refractivity contribution in [3.05, 3.63) is 35.4 Å². The van der Waals surface area contributed by atoms with Crippen LogP contribution in [0.1, 0.15) is 50.2 Å². The Hall–Kier alpha value is -1.37. The number of benzene rings is 1. The summed E-state index contributed by atoms with van der Waals surface area (Å²) in [6.45, 7) is 3.88. The molecule has 0 aromatic heterocycles. The Morgan fingerprint density at radius 3 is 2.70 bits per heavy atom. The molecule has 0 atom stereocenters. The van der Waals surface area contributed by atoms with Crippen LogP contribution in [0.5, 0.6) is 0 Å². The average molecular weight is 272 g/mol. The molecule has 0 spiro atoms. The maximum Gasteiger partial charge on any atom is 0.0995 e. The van der Waals surface area contributed by atoms with E-state index in [4.69, 9.17) is 10.00 Å². The van der Waals surface area contributed by atoms with Crippen LogP contribution in [0.25, 0.3) is 0 Å². The SMILES string of the molecule is CCCNC1CCC(OCc2ccccc2C#N)CC1. The molecule has 0 radical (unpaired) electrons. The highest BCUT2D eigenvalue weighted by atomic mass is 16.5. The summed E-state index contributed by atoms with van der Waals surface area (Å²) in [7, 11) is 0. The average Bonchev–Trinajstić information content (AvgIpc) is 2.52. The van der Waals surface area contributed by atoms with Crippen molar-refractivity contribution in [3.63, 3.8) is 0 Å². The molecule has 2 rings (SSSR count). The third kappa shape index (κ3) is 4.33. The van der Waals surface area contributed by atoms with Gasteiger partial charge in [0, 0.05) is 6.04 Å². The molecule has 0 aliphatic heterocycles. The van der Waals surface area contributed by atoms with Gasteiger partial charge in [0.15, 0.2) is 0 Å². The Morgan fingerprint density at radius 1 is 1.25 bits per heavy atom. The third-order valence-corrected chi connectivity index (χ3v) is 3.97. The molecular formula is C17H24N2O. The van der Waals surface area contributed by atoms with Crippen LogP contribution in [0, 0.1) is 11.3 Å². The molecule has 1 N–H and O–H groups in total. The lowest BCUT2D eigenvalue weighted by Gasteiger charge is -2.29. The highest BCUT2D eigenvalue weighted by Gasteiger charge is 2.21. The number of hydrogen-bond donors (Lipinski definition) is 1. The van der Waals surface area contributed by atoms with Gasteiger partial charge < -0.3 is 10.1 Å². The van der Waals surface area contributed by atoms with Crippen molar-refractivity contribution in [2.45, 2.75) is 57.8 Å². The summed E-state index contributed by atoms with van der Waals surface area (Å²) in [6.07, 6.45) is 6.18. The summed E-state index contributed by atoms with van der Waals surface area (Å²) in [5.41, 5.74) is 1.73. The molecule has 0 amide bonds. The first-order chi connectivity index (χ1) is 9.83. The Bertz CT molecular complexity index is 445. The van der Waals surface area contributed by atoms with Crippen molar-refractivity contribution in [2.75, 3.05) is 6.54 Å². The molecule has 3 nitrogen and oxygen atoms in total. The van der Waals surface area contributed by atoms with Crippen LogP contribution >= 0.6 is 0 Å². The van der Waals surface area contributed by atoms with E-state index in [1.54, 1.807) is 0 Å². The molecule has 1 fully saturated rings. The number of rotatable bonds is 6.